The molecule has 3 rings (SSSR count). The minimum atomic E-state index is -1.55. The van der Waals surface area contributed by atoms with E-state index in [0.717, 1.165) is 11.1 Å². The third-order valence-corrected chi connectivity index (χ3v) is 5.66. The molecular formula is C23H28ClNO9. The standard InChI is InChI=1S/C23H28ClNO9/c1-30-16-8-14(7-15(24)20(16)32-11-13-5-3-4-12(6-13)9-25)22(29)34-21-19(28)18(27)17(10-26)33-23(21)31-2/h3-8,17-19,21,23,26-28H,9-11,25H2,1-2H3/t17-,18-,19+,21-,23+/m1/s1. The van der Waals surface area contributed by atoms with E-state index in [1.54, 1.807) is 0 Å². The molecule has 1 aliphatic rings. The van der Waals surface area contributed by atoms with Crippen LogP contribution in [0.1, 0.15) is 21.5 Å². The first-order valence-electron chi connectivity index (χ1n) is 10.5. The molecule has 1 saturated heterocycles. The van der Waals surface area contributed by atoms with Gasteiger partial charge in [0.25, 0.3) is 0 Å². The first kappa shape index (κ1) is 26.2. The number of aliphatic hydroxyl groups excluding tert-OH is 3. The summed E-state index contributed by atoms with van der Waals surface area (Å²) in [6, 6.07) is 10.3. The molecule has 0 radical (unpaired) electrons. The number of carbonyl (C=O) groups excluding carboxylic acids is 1. The fraction of sp³-hybridized carbons (Fsp3) is 0.435. The summed E-state index contributed by atoms with van der Waals surface area (Å²) in [6.07, 6.45) is -6.69. The fourth-order valence-corrected chi connectivity index (χ4v) is 3.81. The molecule has 2 aromatic carbocycles. The zero-order valence-corrected chi connectivity index (χ0v) is 19.5. The Kier molecular flexibility index (Phi) is 9.09. The molecule has 0 amide bonds. The summed E-state index contributed by atoms with van der Waals surface area (Å²) in [4.78, 5) is 12.8. The number of carbonyl (C=O) groups is 1. The van der Waals surface area contributed by atoms with Gasteiger partial charge in [-0.25, -0.2) is 4.79 Å². The minimum absolute atomic E-state index is 0.0140. The van der Waals surface area contributed by atoms with E-state index < -0.39 is 43.3 Å². The highest BCUT2D eigenvalue weighted by Crippen LogP contribution is 2.37. The van der Waals surface area contributed by atoms with Crippen LogP contribution < -0.4 is 15.2 Å². The summed E-state index contributed by atoms with van der Waals surface area (Å²) in [6.45, 7) is 0.0410. The Morgan fingerprint density at radius 1 is 1.15 bits per heavy atom. The van der Waals surface area contributed by atoms with Crippen molar-refractivity contribution in [3.8, 4) is 11.5 Å². The number of esters is 1. The van der Waals surface area contributed by atoms with E-state index in [1.165, 1.54) is 26.4 Å². The van der Waals surface area contributed by atoms with E-state index in [-0.39, 0.29) is 28.7 Å². The Morgan fingerprint density at radius 3 is 2.53 bits per heavy atom. The summed E-state index contributed by atoms with van der Waals surface area (Å²) in [5.41, 5.74) is 7.52. The third kappa shape index (κ3) is 5.78. The van der Waals surface area contributed by atoms with E-state index in [2.05, 4.69) is 0 Å². The van der Waals surface area contributed by atoms with Crippen LogP contribution in [0.2, 0.25) is 5.02 Å². The average molecular weight is 498 g/mol. The van der Waals surface area contributed by atoms with Crippen LogP contribution in [0.15, 0.2) is 36.4 Å². The lowest BCUT2D eigenvalue weighted by molar-refractivity contribution is -0.293. The topological polar surface area (TPSA) is 150 Å². The smallest absolute Gasteiger partial charge is 0.338 e. The van der Waals surface area contributed by atoms with Crippen molar-refractivity contribution in [3.63, 3.8) is 0 Å². The zero-order valence-electron chi connectivity index (χ0n) is 18.7. The molecule has 5 atom stereocenters. The lowest BCUT2D eigenvalue weighted by Crippen LogP contribution is -2.60. The summed E-state index contributed by atoms with van der Waals surface area (Å²) in [7, 11) is 2.67. The highest BCUT2D eigenvalue weighted by atomic mass is 35.5. The van der Waals surface area contributed by atoms with Gasteiger partial charge in [0.05, 0.1) is 24.3 Å². The van der Waals surface area contributed by atoms with Gasteiger partial charge in [0, 0.05) is 13.7 Å². The SMILES string of the molecule is COc1cc(C(=O)O[C@H]2[C@@H](OC)O[C@H](CO)[C@@H](O)[C@@H]2O)cc(Cl)c1OCc1cccc(CN)c1. The molecule has 0 saturated carbocycles. The van der Waals surface area contributed by atoms with Crippen molar-refractivity contribution >= 4 is 17.6 Å². The van der Waals surface area contributed by atoms with Gasteiger partial charge in [0.1, 0.15) is 24.9 Å². The number of aliphatic hydroxyl groups is 3. The number of halogens is 1. The molecule has 0 aromatic heterocycles. The number of rotatable bonds is 9. The van der Waals surface area contributed by atoms with Crippen LogP contribution in [-0.4, -0.2) is 72.8 Å². The largest absolute Gasteiger partial charge is 0.493 e. The van der Waals surface area contributed by atoms with Gasteiger partial charge >= 0.3 is 5.97 Å². The lowest BCUT2D eigenvalue weighted by Gasteiger charge is -2.40. The van der Waals surface area contributed by atoms with Crippen molar-refractivity contribution in [2.75, 3.05) is 20.8 Å². The molecule has 0 aliphatic carbocycles. The second kappa shape index (κ2) is 11.8. The number of ether oxygens (including phenoxy) is 5. The quantitative estimate of drug-likeness (QED) is 0.369. The first-order valence-corrected chi connectivity index (χ1v) is 10.8. The van der Waals surface area contributed by atoms with Crippen molar-refractivity contribution in [3.05, 3.63) is 58.1 Å². The van der Waals surface area contributed by atoms with E-state index in [1.807, 2.05) is 24.3 Å². The summed E-state index contributed by atoms with van der Waals surface area (Å²) >= 11 is 6.37. The maximum Gasteiger partial charge on any atom is 0.338 e. The van der Waals surface area contributed by atoms with Crippen LogP contribution in [0.5, 0.6) is 11.5 Å². The van der Waals surface area contributed by atoms with Gasteiger partial charge in [-0.15, -0.1) is 0 Å². The highest BCUT2D eigenvalue weighted by Gasteiger charge is 2.47. The zero-order chi connectivity index (χ0) is 24.8. The van der Waals surface area contributed by atoms with Crippen LogP contribution in [0.3, 0.4) is 0 Å². The highest BCUT2D eigenvalue weighted by molar-refractivity contribution is 6.32. The molecule has 5 N–H and O–H groups in total. The van der Waals surface area contributed by atoms with Gasteiger partial charge in [-0.2, -0.15) is 0 Å². The Balaban J connectivity index is 1.76. The molecule has 0 bridgehead atoms. The minimum Gasteiger partial charge on any atom is -0.493 e. The second-order valence-corrected chi connectivity index (χ2v) is 8.02. The van der Waals surface area contributed by atoms with Gasteiger partial charge in [-0.3, -0.25) is 0 Å². The monoisotopic (exact) mass is 497 g/mol. The van der Waals surface area contributed by atoms with Gasteiger partial charge < -0.3 is 44.7 Å². The number of methoxy groups -OCH3 is 2. The molecule has 1 heterocycles. The maximum absolute atomic E-state index is 12.8. The van der Waals surface area contributed by atoms with Crippen molar-refractivity contribution < 1.29 is 43.8 Å². The van der Waals surface area contributed by atoms with Gasteiger partial charge in [0.2, 0.25) is 0 Å². The Bertz CT molecular complexity index is 987. The average Bonchev–Trinajstić information content (AvgIpc) is 2.85. The number of hydrogen-bond acceptors (Lipinski definition) is 10. The second-order valence-electron chi connectivity index (χ2n) is 7.61. The summed E-state index contributed by atoms with van der Waals surface area (Å²) in [5, 5.41) is 29.9. The van der Waals surface area contributed by atoms with E-state index in [0.29, 0.717) is 6.54 Å². The van der Waals surface area contributed by atoms with Crippen molar-refractivity contribution in [1.82, 2.24) is 0 Å². The van der Waals surface area contributed by atoms with Crippen LogP contribution in [0.25, 0.3) is 0 Å². The predicted octanol–water partition coefficient (Wildman–Crippen LogP) is 0.997. The molecule has 1 aliphatic heterocycles. The van der Waals surface area contributed by atoms with E-state index >= 15 is 0 Å². The summed E-state index contributed by atoms with van der Waals surface area (Å²) < 4.78 is 27.0. The molecule has 0 spiro atoms. The molecule has 0 unspecified atom stereocenters. The molecule has 10 nitrogen and oxygen atoms in total. The van der Waals surface area contributed by atoms with Crippen LogP contribution in [0.4, 0.5) is 0 Å². The van der Waals surface area contributed by atoms with Crippen molar-refractivity contribution in [1.29, 1.82) is 0 Å². The van der Waals surface area contributed by atoms with E-state index in [4.69, 9.17) is 41.0 Å². The van der Waals surface area contributed by atoms with Crippen LogP contribution in [-0.2, 0) is 27.4 Å². The molecule has 2 aromatic rings. The third-order valence-electron chi connectivity index (χ3n) is 5.38. The van der Waals surface area contributed by atoms with Crippen molar-refractivity contribution in [2.45, 2.75) is 43.9 Å². The van der Waals surface area contributed by atoms with Crippen LogP contribution >= 0.6 is 11.6 Å². The normalized spacial score (nSPS) is 24.5. The fourth-order valence-electron chi connectivity index (χ4n) is 3.54. The molecule has 11 heteroatoms. The number of nitrogens with two attached hydrogens (primary N) is 1. The maximum atomic E-state index is 12.8. The molecular weight excluding hydrogens is 470 g/mol. The van der Waals surface area contributed by atoms with E-state index in [9.17, 15) is 20.1 Å². The lowest BCUT2D eigenvalue weighted by atomic mass is 9.99. The molecule has 186 valence electrons. The molecule has 1 fully saturated rings. The van der Waals surface area contributed by atoms with Crippen molar-refractivity contribution in [2.24, 2.45) is 5.73 Å². The van der Waals surface area contributed by atoms with Gasteiger partial charge in [0.15, 0.2) is 23.9 Å². The molecule has 34 heavy (non-hydrogen) atoms. The van der Waals surface area contributed by atoms with Gasteiger partial charge in [-0.05, 0) is 23.3 Å². The first-order chi connectivity index (χ1) is 16.3. The Morgan fingerprint density at radius 2 is 1.88 bits per heavy atom. The number of benzene rings is 2. The number of hydrogen-bond donors (Lipinski definition) is 4. The Labute approximate surface area is 201 Å². The Hall–Kier alpha value is -2.44. The predicted molar refractivity (Wildman–Crippen MR) is 121 cm³/mol. The van der Waals surface area contributed by atoms with Gasteiger partial charge in [-0.1, -0.05) is 35.9 Å². The van der Waals surface area contributed by atoms with Crippen LogP contribution in [0, 0.1) is 0 Å². The summed E-state index contributed by atoms with van der Waals surface area (Å²) in [5.74, 6) is -0.443.